The Kier molecular flexibility index (Phi) is 3.32. The molecule has 0 spiro atoms. The molecule has 1 aromatic carbocycles. The number of nitrogens with one attached hydrogen (secondary N) is 2. The number of nitrogens with zero attached hydrogens (tertiary/aromatic N) is 2. The Morgan fingerprint density at radius 3 is 2.91 bits per heavy atom. The Morgan fingerprint density at radius 1 is 1.35 bits per heavy atom. The highest BCUT2D eigenvalue weighted by atomic mass is 16.2. The molecule has 1 fully saturated rings. The third-order valence-corrected chi connectivity index (χ3v) is 4.72. The second-order valence-electron chi connectivity index (χ2n) is 6.52. The van der Waals surface area contributed by atoms with Crippen LogP contribution in [0, 0.1) is 5.92 Å². The number of benzene rings is 1. The molecular weight excluding hydrogens is 292 g/mol. The van der Waals surface area contributed by atoms with Crippen molar-refractivity contribution >= 4 is 23.3 Å². The normalized spacial score (nSPS) is 23.5. The third kappa shape index (κ3) is 2.58. The van der Waals surface area contributed by atoms with Crippen molar-refractivity contribution in [2.75, 3.05) is 11.4 Å². The number of anilines is 1. The highest BCUT2D eigenvalue weighted by molar-refractivity contribution is 6.08. The molecule has 6 nitrogen and oxygen atoms in total. The molecule has 2 N–H and O–H groups in total. The molecule has 1 saturated carbocycles. The van der Waals surface area contributed by atoms with E-state index in [-0.39, 0.29) is 23.9 Å². The first kappa shape index (κ1) is 14.2. The summed E-state index contributed by atoms with van der Waals surface area (Å²) in [5, 5.41) is 6.99. The maximum atomic E-state index is 12.4. The fraction of sp³-hybridized carbons (Fsp3) is 0.471. The van der Waals surface area contributed by atoms with Crippen LogP contribution < -0.4 is 15.6 Å². The van der Waals surface area contributed by atoms with E-state index < -0.39 is 0 Å². The van der Waals surface area contributed by atoms with E-state index in [1.165, 1.54) is 5.56 Å². The molecule has 1 atom stereocenters. The summed E-state index contributed by atoms with van der Waals surface area (Å²) in [7, 11) is 0. The summed E-state index contributed by atoms with van der Waals surface area (Å²) in [6.07, 6.45) is 4.02. The van der Waals surface area contributed by atoms with Gasteiger partial charge < -0.3 is 10.2 Å². The first-order valence-electron chi connectivity index (χ1n) is 8.22. The minimum Gasteiger partial charge on any atom is -0.328 e. The molecule has 0 bridgehead atoms. The lowest BCUT2D eigenvalue weighted by atomic mass is 9.95. The van der Waals surface area contributed by atoms with E-state index >= 15 is 0 Å². The number of rotatable bonds is 2. The lowest BCUT2D eigenvalue weighted by Gasteiger charge is -2.30. The van der Waals surface area contributed by atoms with Gasteiger partial charge in [0.15, 0.2) is 0 Å². The number of fused-ring (bicyclic) bond motifs is 1. The molecule has 6 heteroatoms. The molecule has 0 radical (unpaired) electrons. The number of amides is 3. The molecule has 4 rings (SSSR count). The van der Waals surface area contributed by atoms with Crippen molar-refractivity contribution in [1.29, 1.82) is 0 Å². The number of carbonyl (C=O) groups is 2. The summed E-state index contributed by atoms with van der Waals surface area (Å²) in [5.74, 6) is 0.513. The van der Waals surface area contributed by atoms with Crippen molar-refractivity contribution in [3.05, 3.63) is 29.3 Å². The van der Waals surface area contributed by atoms with E-state index in [0.29, 0.717) is 0 Å². The maximum absolute atomic E-state index is 12.4. The fourth-order valence-corrected chi connectivity index (χ4v) is 3.36. The van der Waals surface area contributed by atoms with Gasteiger partial charge in [-0.15, -0.1) is 0 Å². The molecule has 2 aliphatic heterocycles. The van der Waals surface area contributed by atoms with Gasteiger partial charge in [-0.3, -0.25) is 4.79 Å². The standard InChI is InChI=1S/C17H20N4O2/c1-10-15(19-20-17(23)18-10)13-6-7-14-12(9-13)3-2-8-21(14)16(22)11-4-5-11/h6-7,9-11H,2-5,8H2,1H3,(H2,18,20,23). The van der Waals surface area contributed by atoms with Crippen LogP contribution in [0.2, 0.25) is 0 Å². The summed E-state index contributed by atoms with van der Waals surface area (Å²) in [5.41, 5.74) is 6.50. The molecule has 3 amide bonds. The zero-order valence-electron chi connectivity index (χ0n) is 13.1. The third-order valence-electron chi connectivity index (χ3n) is 4.72. The van der Waals surface area contributed by atoms with Crippen LogP contribution in [-0.2, 0) is 11.2 Å². The Bertz CT molecular complexity index is 709. The van der Waals surface area contributed by atoms with Gasteiger partial charge in [0.1, 0.15) is 0 Å². The van der Waals surface area contributed by atoms with Gasteiger partial charge in [0.05, 0.1) is 11.8 Å². The van der Waals surface area contributed by atoms with Crippen LogP contribution in [0.5, 0.6) is 0 Å². The molecule has 1 aromatic rings. The second kappa shape index (κ2) is 5.37. The van der Waals surface area contributed by atoms with Gasteiger partial charge in [0.25, 0.3) is 0 Å². The van der Waals surface area contributed by atoms with Crippen LogP contribution in [0.15, 0.2) is 23.3 Å². The summed E-state index contributed by atoms with van der Waals surface area (Å²) in [6.45, 7) is 2.73. The topological polar surface area (TPSA) is 73.8 Å². The van der Waals surface area contributed by atoms with Crippen molar-refractivity contribution in [1.82, 2.24) is 10.7 Å². The zero-order valence-corrected chi connectivity index (χ0v) is 13.1. The summed E-state index contributed by atoms with van der Waals surface area (Å²) in [6, 6.07) is 5.72. The first-order valence-corrected chi connectivity index (χ1v) is 8.22. The van der Waals surface area contributed by atoms with E-state index in [2.05, 4.69) is 21.9 Å². The quantitative estimate of drug-likeness (QED) is 0.873. The highest BCUT2D eigenvalue weighted by Gasteiger charge is 2.35. The first-order chi connectivity index (χ1) is 11.1. The van der Waals surface area contributed by atoms with E-state index in [0.717, 1.165) is 49.2 Å². The van der Waals surface area contributed by atoms with Gasteiger partial charge in [-0.05, 0) is 50.3 Å². The Hall–Kier alpha value is -2.37. The minimum absolute atomic E-state index is 0.130. The fourth-order valence-electron chi connectivity index (χ4n) is 3.36. The van der Waals surface area contributed by atoms with Crippen molar-refractivity contribution in [2.24, 2.45) is 11.0 Å². The summed E-state index contributed by atoms with van der Waals surface area (Å²) < 4.78 is 0. The highest BCUT2D eigenvalue weighted by Crippen LogP contribution is 2.36. The number of aryl methyl sites for hydroxylation is 1. The smallest absolute Gasteiger partial charge is 0.328 e. The number of hydrogen-bond donors (Lipinski definition) is 2. The van der Waals surface area contributed by atoms with Crippen molar-refractivity contribution < 1.29 is 9.59 Å². The largest absolute Gasteiger partial charge is 0.335 e. The van der Waals surface area contributed by atoms with Gasteiger partial charge in [0, 0.05) is 23.7 Å². The van der Waals surface area contributed by atoms with E-state index in [1.54, 1.807) is 0 Å². The van der Waals surface area contributed by atoms with Gasteiger partial charge >= 0.3 is 6.03 Å². The van der Waals surface area contributed by atoms with Crippen molar-refractivity contribution in [3.8, 4) is 0 Å². The van der Waals surface area contributed by atoms with Gasteiger partial charge in [-0.1, -0.05) is 6.07 Å². The minimum atomic E-state index is -0.277. The molecular formula is C17H20N4O2. The average Bonchev–Trinajstić information content (AvgIpc) is 3.38. The molecule has 0 aromatic heterocycles. The van der Waals surface area contributed by atoms with Crippen molar-refractivity contribution in [3.63, 3.8) is 0 Å². The molecule has 1 aliphatic carbocycles. The molecule has 0 saturated heterocycles. The zero-order chi connectivity index (χ0) is 16.0. The number of carbonyl (C=O) groups excluding carboxylic acids is 2. The predicted molar refractivity (Wildman–Crippen MR) is 87.5 cm³/mol. The van der Waals surface area contributed by atoms with E-state index in [1.807, 2.05) is 24.0 Å². The number of hydrogen-bond acceptors (Lipinski definition) is 3. The maximum Gasteiger partial charge on any atom is 0.335 e. The van der Waals surface area contributed by atoms with Crippen LogP contribution >= 0.6 is 0 Å². The molecule has 1 unspecified atom stereocenters. The predicted octanol–water partition coefficient (Wildman–Crippen LogP) is 1.78. The van der Waals surface area contributed by atoms with Gasteiger partial charge in [-0.2, -0.15) is 5.10 Å². The molecule has 120 valence electrons. The van der Waals surface area contributed by atoms with E-state index in [4.69, 9.17) is 0 Å². The van der Waals surface area contributed by atoms with Crippen LogP contribution in [0.1, 0.15) is 37.3 Å². The van der Waals surface area contributed by atoms with Crippen LogP contribution in [-0.4, -0.2) is 30.2 Å². The monoisotopic (exact) mass is 312 g/mol. The van der Waals surface area contributed by atoms with Gasteiger partial charge in [0.2, 0.25) is 5.91 Å². The lowest BCUT2D eigenvalue weighted by molar-refractivity contribution is -0.119. The Balaban J connectivity index is 1.65. The molecule has 2 heterocycles. The Morgan fingerprint density at radius 2 is 2.17 bits per heavy atom. The van der Waals surface area contributed by atoms with Crippen molar-refractivity contribution in [2.45, 2.75) is 38.6 Å². The average molecular weight is 312 g/mol. The molecule has 23 heavy (non-hydrogen) atoms. The number of urea groups is 1. The molecule has 3 aliphatic rings. The number of hydrazone groups is 1. The Labute approximate surface area is 134 Å². The van der Waals surface area contributed by atoms with Crippen LogP contribution in [0.4, 0.5) is 10.5 Å². The summed E-state index contributed by atoms with van der Waals surface area (Å²) in [4.78, 5) is 25.7. The SMILES string of the molecule is CC1NC(=O)NN=C1c1ccc2c(c1)CCCN2C(=O)C1CC1. The van der Waals surface area contributed by atoms with Crippen LogP contribution in [0.3, 0.4) is 0 Å². The van der Waals surface area contributed by atoms with E-state index in [9.17, 15) is 9.59 Å². The lowest BCUT2D eigenvalue weighted by Crippen LogP contribution is -2.48. The second-order valence-corrected chi connectivity index (χ2v) is 6.52. The van der Waals surface area contributed by atoms with Crippen LogP contribution in [0.25, 0.3) is 0 Å². The van der Waals surface area contributed by atoms with Gasteiger partial charge in [-0.25, -0.2) is 10.2 Å². The summed E-state index contributed by atoms with van der Waals surface area (Å²) >= 11 is 0.